The Morgan fingerprint density at radius 2 is 1.72 bits per heavy atom. The Kier molecular flexibility index (Phi) is 6.24. The molecule has 0 heterocycles. The van der Waals surface area contributed by atoms with Crippen LogP contribution in [0.3, 0.4) is 0 Å². The molecule has 0 N–H and O–H groups in total. The lowest BCUT2D eigenvalue weighted by molar-refractivity contribution is -0.384. The van der Waals surface area contributed by atoms with Crippen molar-refractivity contribution in [2.24, 2.45) is 0 Å². The van der Waals surface area contributed by atoms with Crippen LogP contribution in [0.25, 0.3) is 11.1 Å². The smallest absolute Gasteiger partial charge is 0.269 e. The van der Waals surface area contributed by atoms with Crippen LogP contribution in [0.5, 0.6) is 5.75 Å². The molecule has 6 nitrogen and oxygen atoms in total. The molecule has 148 valence electrons. The molecular weight excluding hydrogens is 368 g/mol. The summed E-state index contributed by atoms with van der Waals surface area (Å²) in [6.07, 6.45) is 0. The number of hydrogen-bond donors (Lipinski definition) is 0. The molecule has 0 aliphatic carbocycles. The molecule has 0 saturated heterocycles. The van der Waals surface area contributed by atoms with Crippen LogP contribution in [0.15, 0.2) is 78.9 Å². The number of ether oxygens (including phenoxy) is 1. The molecule has 0 spiro atoms. The summed E-state index contributed by atoms with van der Waals surface area (Å²) in [4.78, 5) is 24.7. The zero-order chi connectivity index (χ0) is 20.8. The van der Waals surface area contributed by atoms with Gasteiger partial charge in [-0.2, -0.15) is 0 Å². The Hall–Kier alpha value is -3.67. The van der Waals surface area contributed by atoms with E-state index in [9.17, 15) is 14.9 Å². The maximum Gasteiger partial charge on any atom is 0.269 e. The number of hydrogen-bond acceptors (Lipinski definition) is 4. The number of nitro groups is 1. The molecule has 3 rings (SSSR count). The van der Waals surface area contributed by atoms with Gasteiger partial charge in [0.25, 0.3) is 11.6 Å². The van der Waals surface area contributed by atoms with Gasteiger partial charge in [-0.3, -0.25) is 14.9 Å². The second-order valence-electron chi connectivity index (χ2n) is 6.68. The van der Waals surface area contributed by atoms with E-state index in [1.807, 2.05) is 61.5 Å². The first-order valence-electron chi connectivity index (χ1n) is 9.24. The third-order valence-corrected chi connectivity index (χ3v) is 4.86. The predicted octanol–water partition coefficient (Wildman–Crippen LogP) is 4.86. The van der Waals surface area contributed by atoms with Gasteiger partial charge in [-0.1, -0.05) is 60.7 Å². The first-order chi connectivity index (χ1) is 14.0. The van der Waals surface area contributed by atoms with Gasteiger partial charge in [0.15, 0.2) is 6.61 Å². The number of benzene rings is 3. The summed E-state index contributed by atoms with van der Waals surface area (Å²) in [5.74, 6) is 0.412. The van der Waals surface area contributed by atoms with Crippen molar-refractivity contribution >= 4 is 11.6 Å². The number of nitro benzene ring substituents is 1. The number of nitrogens with zero attached hydrogens (tertiary/aromatic N) is 2. The molecule has 0 bridgehead atoms. The summed E-state index contributed by atoms with van der Waals surface area (Å²) in [5, 5.41) is 11.0. The fraction of sp³-hybridized carbons (Fsp3) is 0.174. The monoisotopic (exact) mass is 390 g/mol. The second-order valence-corrected chi connectivity index (χ2v) is 6.68. The Bertz CT molecular complexity index is 1000. The highest BCUT2D eigenvalue weighted by atomic mass is 16.6. The number of para-hydroxylation sites is 1. The van der Waals surface area contributed by atoms with E-state index in [1.54, 1.807) is 19.2 Å². The summed E-state index contributed by atoms with van der Waals surface area (Å²) in [6.45, 7) is 1.70. The molecular formula is C23H22N2O4. The summed E-state index contributed by atoms with van der Waals surface area (Å²) in [6, 6.07) is 23.4. The maximum atomic E-state index is 12.7. The van der Waals surface area contributed by atoms with Crippen molar-refractivity contribution in [1.82, 2.24) is 4.90 Å². The van der Waals surface area contributed by atoms with E-state index in [2.05, 4.69) is 0 Å². The van der Waals surface area contributed by atoms with Crippen molar-refractivity contribution in [1.29, 1.82) is 0 Å². The zero-order valence-electron chi connectivity index (χ0n) is 16.3. The quantitative estimate of drug-likeness (QED) is 0.427. The SMILES string of the molecule is C[C@H](c1cccc([N+](=O)[O-])c1)N(C)C(=O)COc1ccccc1-c1ccccc1. The lowest BCUT2D eigenvalue weighted by Gasteiger charge is -2.25. The van der Waals surface area contributed by atoms with Crippen LogP contribution >= 0.6 is 0 Å². The van der Waals surface area contributed by atoms with Gasteiger partial charge in [0.2, 0.25) is 0 Å². The first kappa shape index (κ1) is 20.1. The fourth-order valence-corrected chi connectivity index (χ4v) is 3.03. The highest BCUT2D eigenvalue weighted by molar-refractivity contribution is 5.78. The number of non-ortho nitro benzene ring substituents is 1. The van der Waals surface area contributed by atoms with Gasteiger partial charge in [-0.15, -0.1) is 0 Å². The molecule has 0 aliphatic rings. The molecule has 0 unspecified atom stereocenters. The highest BCUT2D eigenvalue weighted by Crippen LogP contribution is 2.30. The summed E-state index contributed by atoms with van der Waals surface area (Å²) < 4.78 is 5.82. The Labute approximate surface area is 169 Å². The topological polar surface area (TPSA) is 72.7 Å². The van der Waals surface area contributed by atoms with Crippen LogP contribution in [-0.2, 0) is 4.79 Å². The summed E-state index contributed by atoms with van der Waals surface area (Å²) >= 11 is 0. The molecule has 29 heavy (non-hydrogen) atoms. The molecule has 1 amide bonds. The minimum atomic E-state index is -0.443. The summed E-state index contributed by atoms with van der Waals surface area (Å²) in [5.41, 5.74) is 2.62. The maximum absolute atomic E-state index is 12.7. The van der Waals surface area contributed by atoms with E-state index in [0.29, 0.717) is 11.3 Å². The highest BCUT2D eigenvalue weighted by Gasteiger charge is 2.20. The van der Waals surface area contributed by atoms with Crippen LogP contribution in [0.4, 0.5) is 5.69 Å². The average molecular weight is 390 g/mol. The van der Waals surface area contributed by atoms with Gasteiger partial charge in [0.05, 0.1) is 11.0 Å². The van der Waals surface area contributed by atoms with Crippen molar-refractivity contribution in [3.8, 4) is 16.9 Å². The minimum absolute atomic E-state index is 0.00300. The minimum Gasteiger partial charge on any atom is -0.483 e. The summed E-state index contributed by atoms with van der Waals surface area (Å²) in [7, 11) is 1.66. The van der Waals surface area contributed by atoms with Crippen molar-refractivity contribution in [2.75, 3.05) is 13.7 Å². The van der Waals surface area contributed by atoms with E-state index >= 15 is 0 Å². The fourth-order valence-electron chi connectivity index (χ4n) is 3.03. The van der Waals surface area contributed by atoms with E-state index in [1.165, 1.54) is 17.0 Å². The van der Waals surface area contributed by atoms with E-state index in [4.69, 9.17) is 4.74 Å². The number of carbonyl (C=O) groups is 1. The van der Waals surface area contributed by atoms with Crippen LogP contribution in [0.1, 0.15) is 18.5 Å². The van der Waals surface area contributed by atoms with Crippen molar-refractivity contribution < 1.29 is 14.5 Å². The number of rotatable bonds is 7. The second kappa shape index (κ2) is 9.01. The Balaban J connectivity index is 1.70. The molecule has 3 aromatic rings. The van der Waals surface area contributed by atoms with Gasteiger partial charge in [0.1, 0.15) is 5.75 Å². The van der Waals surface area contributed by atoms with Crippen LogP contribution in [0, 0.1) is 10.1 Å². The lowest BCUT2D eigenvalue weighted by atomic mass is 10.1. The normalized spacial score (nSPS) is 11.5. The Morgan fingerprint density at radius 1 is 1.03 bits per heavy atom. The molecule has 1 atom stereocenters. The van der Waals surface area contributed by atoms with Gasteiger partial charge < -0.3 is 9.64 Å². The van der Waals surface area contributed by atoms with E-state index in [0.717, 1.165) is 11.1 Å². The van der Waals surface area contributed by atoms with Gasteiger partial charge in [0, 0.05) is 24.7 Å². The largest absolute Gasteiger partial charge is 0.483 e. The molecule has 6 heteroatoms. The molecule has 0 aromatic heterocycles. The van der Waals surface area contributed by atoms with Crippen molar-refractivity contribution in [3.05, 3.63) is 94.5 Å². The first-order valence-corrected chi connectivity index (χ1v) is 9.24. The zero-order valence-corrected chi connectivity index (χ0v) is 16.3. The van der Waals surface area contributed by atoms with Crippen molar-refractivity contribution in [3.63, 3.8) is 0 Å². The van der Waals surface area contributed by atoms with E-state index in [-0.39, 0.29) is 24.2 Å². The number of likely N-dealkylation sites (N-methyl/N-ethyl adjacent to an activating group) is 1. The van der Waals surface area contributed by atoms with Gasteiger partial charge in [-0.25, -0.2) is 0 Å². The van der Waals surface area contributed by atoms with Gasteiger partial charge in [-0.05, 0) is 24.1 Å². The number of carbonyl (C=O) groups excluding carboxylic acids is 1. The lowest BCUT2D eigenvalue weighted by Crippen LogP contribution is -2.33. The molecule has 0 radical (unpaired) electrons. The van der Waals surface area contributed by atoms with Crippen molar-refractivity contribution in [2.45, 2.75) is 13.0 Å². The predicted molar refractivity (Wildman–Crippen MR) is 112 cm³/mol. The molecule has 0 saturated carbocycles. The number of amides is 1. The molecule has 0 aliphatic heterocycles. The third kappa shape index (κ3) is 4.79. The van der Waals surface area contributed by atoms with Gasteiger partial charge >= 0.3 is 0 Å². The molecule has 0 fully saturated rings. The molecule has 3 aromatic carbocycles. The van der Waals surface area contributed by atoms with E-state index < -0.39 is 4.92 Å². The Morgan fingerprint density at radius 3 is 2.45 bits per heavy atom. The van der Waals surface area contributed by atoms with Crippen LogP contribution < -0.4 is 4.74 Å². The standard InChI is InChI=1S/C23H22N2O4/c1-17(19-11-8-12-20(15-19)25(27)28)24(2)23(26)16-29-22-14-7-6-13-21(22)18-9-4-3-5-10-18/h3-15,17H,16H2,1-2H3/t17-/m1/s1. The average Bonchev–Trinajstić information content (AvgIpc) is 2.77. The van der Waals surface area contributed by atoms with Crippen LogP contribution in [-0.4, -0.2) is 29.4 Å². The third-order valence-electron chi connectivity index (χ3n) is 4.86. The van der Waals surface area contributed by atoms with Crippen LogP contribution in [0.2, 0.25) is 0 Å².